The summed E-state index contributed by atoms with van der Waals surface area (Å²) in [6.07, 6.45) is 0. The van der Waals surface area contributed by atoms with E-state index in [-0.39, 0.29) is 0 Å². The summed E-state index contributed by atoms with van der Waals surface area (Å²) in [4.78, 5) is 0.681. The highest BCUT2D eigenvalue weighted by atomic mass is 32.2. The molecule has 0 aliphatic heterocycles. The largest absolute Gasteiger partial charge is 0.248 e. The van der Waals surface area contributed by atoms with E-state index in [1.807, 2.05) is 52.8 Å². The lowest BCUT2D eigenvalue weighted by Gasteiger charge is -1.95. The third kappa shape index (κ3) is 6.80. The van der Waals surface area contributed by atoms with E-state index in [1.165, 1.54) is 0 Å². The second-order valence-corrected chi connectivity index (χ2v) is 3.18. The van der Waals surface area contributed by atoms with E-state index >= 15 is 0 Å². The topological polar surface area (TPSA) is 43.1 Å². The summed E-state index contributed by atoms with van der Waals surface area (Å²) in [5.74, 6) is 0. The van der Waals surface area contributed by atoms with Gasteiger partial charge in [0.25, 0.3) is 0 Å². The first-order valence-corrected chi connectivity index (χ1v) is 6.14. The molecule has 1 rings (SSSR count). The summed E-state index contributed by atoms with van der Waals surface area (Å²) >= 11 is 0. The van der Waals surface area contributed by atoms with Crippen molar-refractivity contribution in [1.82, 2.24) is 0 Å². The predicted octanol–water partition coefficient (Wildman–Crippen LogP) is 3.03. The van der Waals surface area contributed by atoms with E-state index in [1.54, 1.807) is 6.07 Å². The number of benzene rings is 1. The van der Waals surface area contributed by atoms with Gasteiger partial charge in [0.15, 0.2) is 0 Å². The van der Waals surface area contributed by atoms with Gasteiger partial charge in [0.1, 0.15) is 11.0 Å². The van der Waals surface area contributed by atoms with Gasteiger partial charge < -0.3 is 0 Å². The molecule has 82 valence electrons. The molecule has 0 spiro atoms. The standard InChI is InChI=1S/C7H9NOS.2C2H6/c1-6-3-2-4-7(5-6)10(8)9;2*1-2/h2-5H,8H2,1H3;2*1-2H3. The quantitative estimate of drug-likeness (QED) is 0.769. The number of rotatable bonds is 1. The Morgan fingerprint density at radius 2 is 1.64 bits per heavy atom. The second-order valence-electron chi connectivity index (χ2n) is 2.11. The van der Waals surface area contributed by atoms with Crippen molar-refractivity contribution < 1.29 is 4.21 Å². The van der Waals surface area contributed by atoms with Crippen LogP contribution in [0.2, 0.25) is 0 Å². The fraction of sp³-hybridized carbons (Fsp3) is 0.455. The van der Waals surface area contributed by atoms with Gasteiger partial charge in [-0.3, -0.25) is 0 Å². The van der Waals surface area contributed by atoms with E-state index in [4.69, 9.17) is 5.14 Å². The van der Waals surface area contributed by atoms with Crippen LogP contribution in [0.5, 0.6) is 0 Å². The molecule has 0 fully saturated rings. The highest BCUT2D eigenvalue weighted by Crippen LogP contribution is 2.04. The van der Waals surface area contributed by atoms with E-state index in [2.05, 4.69) is 0 Å². The Kier molecular flexibility index (Phi) is 11.7. The van der Waals surface area contributed by atoms with Crippen LogP contribution in [0.1, 0.15) is 33.3 Å². The van der Waals surface area contributed by atoms with Crippen LogP contribution in [0.25, 0.3) is 0 Å². The first-order valence-electron chi connectivity index (χ1n) is 4.93. The zero-order valence-corrected chi connectivity index (χ0v) is 10.5. The zero-order valence-electron chi connectivity index (χ0n) is 9.70. The van der Waals surface area contributed by atoms with Crippen molar-refractivity contribution in [2.24, 2.45) is 5.14 Å². The predicted molar refractivity (Wildman–Crippen MR) is 64.5 cm³/mol. The molecule has 0 amide bonds. The SMILES string of the molecule is CC.CC.Cc1cccc(S(N)=O)c1. The van der Waals surface area contributed by atoms with Crippen molar-refractivity contribution >= 4 is 11.0 Å². The van der Waals surface area contributed by atoms with Crippen LogP contribution in [0.15, 0.2) is 29.2 Å². The lowest BCUT2D eigenvalue weighted by atomic mass is 10.2. The average molecular weight is 215 g/mol. The summed E-state index contributed by atoms with van der Waals surface area (Å²) in [7, 11) is -1.34. The third-order valence-corrected chi connectivity index (χ3v) is 1.94. The van der Waals surface area contributed by atoms with Crippen molar-refractivity contribution in [3.63, 3.8) is 0 Å². The van der Waals surface area contributed by atoms with E-state index in [9.17, 15) is 4.21 Å². The Hall–Kier alpha value is -0.670. The molecule has 1 aromatic carbocycles. The number of nitrogens with two attached hydrogens (primary N) is 1. The smallest absolute Gasteiger partial charge is 0.122 e. The average Bonchev–Trinajstić information content (AvgIpc) is 2.24. The first-order chi connectivity index (χ1) is 6.70. The van der Waals surface area contributed by atoms with Crippen molar-refractivity contribution in [3.8, 4) is 0 Å². The van der Waals surface area contributed by atoms with Crippen LogP contribution in [0.4, 0.5) is 0 Å². The summed E-state index contributed by atoms with van der Waals surface area (Å²) in [6.45, 7) is 9.94. The van der Waals surface area contributed by atoms with Crippen LogP contribution in [-0.2, 0) is 11.0 Å². The molecule has 0 aromatic heterocycles. The molecule has 0 radical (unpaired) electrons. The molecule has 0 saturated carbocycles. The van der Waals surface area contributed by atoms with Gasteiger partial charge in [-0.25, -0.2) is 9.35 Å². The molecule has 1 aromatic rings. The fourth-order valence-corrected chi connectivity index (χ4v) is 1.26. The molecule has 2 N–H and O–H groups in total. The Balaban J connectivity index is 0. The Morgan fingerprint density at radius 1 is 1.14 bits per heavy atom. The van der Waals surface area contributed by atoms with Crippen molar-refractivity contribution in [1.29, 1.82) is 0 Å². The summed E-state index contributed by atoms with van der Waals surface area (Å²) in [6, 6.07) is 7.35. The molecular formula is C11H21NOS. The molecule has 0 aliphatic rings. The highest BCUT2D eigenvalue weighted by molar-refractivity contribution is 7.82. The van der Waals surface area contributed by atoms with E-state index in [0.29, 0.717) is 4.90 Å². The van der Waals surface area contributed by atoms with Crippen molar-refractivity contribution in [2.45, 2.75) is 39.5 Å². The molecule has 2 nitrogen and oxygen atoms in total. The summed E-state index contributed by atoms with van der Waals surface area (Å²) in [5.41, 5.74) is 1.08. The van der Waals surface area contributed by atoms with Crippen LogP contribution in [0, 0.1) is 6.92 Å². The van der Waals surface area contributed by atoms with Gasteiger partial charge in [0, 0.05) is 0 Å². The van der Waals surface area contributed by atoms with Crippen LogP contribution >= 0.6 is 0 Å². The highest BCUT2D eigenvalue weighted by Gasteiger charge is 1.94. The minimum Gasteiger partial charge on any atom is -0.248 e. The maximum absolute atomic E-state index is 10.7. The van der Waals surface area contributed by atoms with Crippen molar-refractivity contribution in [3.05, 3.63) is 29.8 Å². The Labute approximate surface area is 90.1 Å². The van der Waals surface area contributed by atoms with Gasteiger partial charge in [-0.05, 0) is 24.6 Å². The molecule has 0 heterocycles. The molecule has 1 atom stereocenters. The molecular weight excluding hydrogens is 194 g/mol. The maximum atomic E-state index is 10.7. The zero-order chi connectivity index (χ0) is 11.6. The number of hydrogen-bond acceptors (Lipinski definition) is 1. The van der Waals surface area contributed by atoms with Crippen LogP contribution in [0.3, 0.4) is 0 Å². The fourth-order valence-electron chi connectivity index (χ4n) is 0.740. The third-order valence-electron chi connectivity index (χ3n) is 1.22. The molecule has 14 heavy (non-hydrogen) atoms. The van der Waals surface area contributed by atoms with Gasteiger partial charge in [-0.15, -0.1) is 0 Å². The van der Waals surface area contributed by atoms with Gasteiger partial charge in [0.05, 0.1) is 4.90 Å². The maximum Gasteiger partial charge on any atom is 0.122 e. The lowest BCUT2D eigenvalue weighted by Crippen LogP contribution is -2.02. The minimum atomic E-state index is -1.34. The summed E-state index contributed by atoms with van der Waals surface area (Å²) < 4.78 is 10.7. The molecule has 1 unspecified atom stereocenters. The molecule has 0 bridgehead atoms. The first kappa shape index (κ1) is 15.8. The van der Waals surface area contributed by atoms with E-state index < -0.39 is 11.0 Å². The second kappa shape index (κ2) is 10.4. The van der Waals surface area contributed by atoms with Gasteiger partial charge in [-0.2, -0.15) is 0 Å². The van der Waals surface area contributed by atoms with Crippen molar-refractivity contribution in [2.75, 3.05) is 0 Å². The molecule has 0 saturated heterocycles. The number of hydrogen-bond donors (Lipinski definition) is 1. The van der Waals surface area contributed by atoms with Gasteiger partial charge in [-0.1, -0.05) is 39.8 Å². The van der Waals surface area contributed by atoms with Gasteiger partial charge >= 0.3 is 0 Å². The summed E-state index contributed by atoms with van der Waals surface area (Å²) in [5, 5.41) is 5.15. The molecule has 3 heteroatoms. The minimum absolute atomic E-state index is 0.681. The molecule has 0 aliphatic carbocycles. The normalized spacial score (nSPS) is 10.1. The van der Waals surface area contributed by atoms with Crippen LogP contribution in [-0.4, -0.2) is 4.21 Å². The van der Waals surface area contributed by atoms with E-state index in [0.717, 1.165) is 5.56 Å². The van der Waals surface area contributed by atoms with Crippen LogP contribution < -0.4 is 5.14 Å². The Bertz CT molecular complexity index is 261. The monoisotopic (exact) mass is 215 g/mol. The van der Waals surface area contributed by atoms with Gasteiger partial charge in [0.2, 0.25) is 0 Å². The number of aryl methyl sites for hydroxylation is 1. The Morgan fingerprint density at radius 3 is 1.93 bits per heavy atom. The lowest BCUT2D eigenvalue weighted by molar-refractivity contribution is 0.684.